The molecule has 1 aliphatic heterocycles. The molecule has 1 saturated heterocycles. The van der Waals surface area contributed by atoms with E-state index in [-0.39, 0.29) is 19.2 Å². The van der Waals surface area contributed by atoms with Gasteiger partial charge in [-0.25, -0.2) is 0 Å². The summed E-state index contributed by atoms with van der Waals surface area (Å²) in [5, 5.41) is 40.3. The van der Waals surface area contributed by atoms with Gasteiger partial charge in [0.2, 0.25) is 0 Å². The van der Waals surface area contributed by atoms with Crippen LogP contribution in [-0.2, 0) is 23.7 Å². The fourth-order valence-electron chi connectivity index (χ4n) is 9.14. The van der Waals surface area contributed by atoms with Crippen LogP contribution in [-0.4, -0.2) is 89.6 Å². The lowest BCUT2D eigenvalue weighted by Gasteiger charge is -2.39. The zero-order valence-electron chi connectivity index (χ0n) is 42.3. The van der Waals surface area contributed by atoms with E-state index in [1.807, 2.05) is 0 Å². The number of esters is 1. The Labute approximate surface area is 395 Å². The fourth-order valence-corrected chi connectivity index (χ4v) is 9.14. The first kappa shape index (κ1) is 61.2. The lowest BCUT2D eigenvalue weighted by Crippen LogP contribution is -2.59. The van der Waals surface area contributed by atoms with Crippen molar-refractivity contribution in [1.29, 1.82) is 0 Å². The number of hydrogen-bond donors (Lipinski definition) is 4. The van der Waals surface area contributed by atoms with E-state index in [2.05, 4.69) is 13.8 Å². The molecule has 0 spiro atoms. The van der Waals surface area contributed by atoms with Crippen LogP contribution in [0.5, 0.6) is 0 Å². The standard InChI is InChI=1S/C55H108O9/c1-3-5-7-9-11-13-15-17-19-21-22-23-24-25-26-27-28-29-30-32-34-36-38-40-42-44-51(57)63-49(48-62-55-54(60)53(59)52(58)50(46-56)64-55)47-61-45-43-41-39-37-35-33-31-20-18-16-14-12-10-8-6-4-2/h49-50,52-56,58-60H,3-48H2,1-2H3. The molecular weight excluding hydrogens is 805 g/mol. The molecule has 0 aliphatic carbocycles. The molecule has 4 N–H and O–H groups in total. The van der Waals surface area contributed by atoms with Gasteiger partial charge in [-0.2, -0.15) is 0 Å². The van der Waals surface area contributed by atoms with Crippen LogP contribution >= 0.6 is 0 Å². The highest BCUT2D eigenvalue weighted by Crippen LogP contribution is 2.23. The maximum Gasteiger partial charge on any atom is 0.306 e. The summed E-state index contributed by atoms with van der Waals surface area (Å²) >= 11 is 0. The number of unbranched alkanes of at least 4 members (excludes halogenated alkanes) is 39. The number of rotatable bonds is 50. The van der Waals surface area contributed by atoms with E-state index in [4.69, 9.17) is 18.9 Å². The number of hydrogen-bond acceptors (Lipinski definition) is 9. The van der Waals surface area contributed by atoms with E-state index in [1.165, 1.54) is 231 Å². The molecule has 0 amide bonds. The normalized spacial score (nSPS) is 19.4. The van der Waals surface area contributed by atoms with Crippen molar-refractivity contribution in [1.82, 2.24) is 0 Å². The smallest absolute Gasteiger partial charge is 0.306 e. The highest BCUT2D eigenvalue weighted by atomic mass is 16.7. The predicted octanol–water partition coefficient (Wildman–Crippen LogP) is 14.2. The summed E-state index contributed by atoms with van der Waals surface area (Å²) in [6.07, 6.45) is 47.2. The molecule has 0 saturated carbocycles. The number of carbonyl (C=O) groups excluding carboxylic acids is 1. The van der Waals surface area contributed by atoms with E-state index >= 15 is 0 Å². The third-order valence-corrected chi connectivity index (χ3v) is 13.5. The van der Waals surface area contributed by atoms with Crippen molar-refractivity contribution in [2.75, 3.05) is 26.4 Å². The van der Waals surface area contributed by atoms with Gasteiger partial charge < -0.3 is 39.4 Å². The van der Waals surface area contributed by atoms with Gasteiger partial charge in [-0.05, 0) is 12.8 Å². The first-order valence-electron chi connectivity index (χ1n) is 28.1. The van der Waals surface area contributed by atoms with Crippen molar-refractivity contribution in [3.63, 3.8) is 0 Å². The summed E-state index contributed by atoms with van der Waals surface area (Å²) < 4.78 is 23.0. The summed E-state index contributed by atoms with van der Waals surface area (Å²) in [7, 11) is 0. The van der Waals surface area contributed by atoms with Crippen molar-refractivity contribution in [3.8, 4) is 0 Å². The molecule has 0 radical (unpaired) electrons. The van der Waals surface area contributed by atoms with E-state index in [0.29, 0.717) is 13.0 Å². The maximum atomic E-state index is 12.9. The van der Waals surface area contributed by atoms with E-state index in [1.54, 1.807) is 0 Å². The van der Waals surface area contributed by atoms with Gasteiger partial charge in [0, 0.05) is 13.0 Å². The topological polar surface area (TPSA) is 135 Å². The average molecular weight is 913 g/mol. The lowest BCUT2D eigenvalue weighted by molar-refractivity contribution is -0.305. The molecule has 1 rings (SSSR count). The van der Waals surface area contributed by atoms with Gasteiger partial charge in [0.25, 0.3) is 0 Å². The van der Waals surface area contributed by atoms with Crippen LogP contribution in [0.3, 0.4) is 0 Å². The first-order valence-corrected chi connectivity index (χ1v) is 28.1. The van der Waals surface area contributed by atoms with Gasteiger partial charge >= 0.3 is 5.97 Å². The molecule has 0 aromatic rings. The Morgan fingerprint density at radius 1 is 0.438 bits per heavy atom. The zero-order chi connectivity index (χ0) is 46.4. The minimum atomic E-state index is -1.53. The van der Waals surface area contributed by atoms with Crippen LogP contribution in [0.25, 0.3) is 0 Å². The SMILES string of the molecule is CCCCCCCCCCCCCCCCCCCCCCCCCCCC(=O)OC(COCCCCCCCCCCCCCCCCCC)COC1OC(CO)C(O)C(O)C1O. The molecule has 64 heavy (non-hydrogen) atoms. The second kappa shape index (κ2) is 47.3. The van der Waals surface area contributed by atoms with E-state index < -0.39 is 43.4 Å². The Morgan fingerprint density at radius 3 is 1.11 bits per heavy atom. The van der Waals surface area contributed by atoms with Gasteiger partial charge in [-0.15, -0.1) is 0 Å². The van der Waals surface area contributed by atoms with Crippen LogP contribution in [0.15, 0.2) is 0 Å². The van der Waals surface area contributed by atoms with Gasteiger partial charge in [-0.3, -0.25) is 4.79 Å². The van der Waals surface area contributed by atoms with Gasteiger partial charge in [0.05, 0.1) is 19.8 Å². The highest BCUT2D eigenvalue weighted by Gasteiger charge is 2.44. The Kier molecular flexibility index (Phi) is 45.2. The third-order valence-electron chi connectivity index (χ3n) is 13.5. The minimum Gasteiger partial charge on any atom is -0.457 e. The molecular formula is C55H108O9. The Morgan fingerprint density at radius 2 is 0.766 bits per heavy atom. The Bertz CT molecular complexity index is 950. The second-order valence-corrected chi connectivity index (χ2v) is 19.8. The van der Waals surface area contributed by atoms with Gasteiger partial charge in [-0.1, -0.05) is 264 Å². The van der Waals surface area contributed by atoms with E-state index in [9.17, 15) is 25.2 Å². The largest absolute Gasteiger partial charge is 0.457 e. The molecule has 1 heterocycles. The zero-order valence-corrected chi connectivity index (χ0v) is 42.3. The van der Waals surface area contributed by atoms with Crippen LogP contribution < -0.4 is 0 Å². The number of aliphatic hydroxyl groups excluding tert-OH is 4. The molecule has 0 bridgehead atoms. The molecule has 6 atom stereocenters. The molecule has 1 aliphatic rings. The predicted molar refractivity (Wildman–Crippen MR) is 266 cm³/mol. The number of aliphatic hydroxyl groups is 4. The molecule has 0 aromatic carbocycles. The molecule has 382 valence electrons. The van der Waals surface area contributed by atoms with Crippen molar-refractivity contribution < 1.29 is 44.2 Å². The van der Waals surface area contributed by atoms with Crippen LogP contribution in [0, 0.1) is 0 Å². The molecule has 6 unspecified atom stereocenters. The van der Waals surface area contributed by atoms with Crippen molar-refractivity contribution >= 4 is 5.97 Å². The maximum absolute atomic E-state index is 12.9. The van der Waals surface area contributed by atoms with Crippen molar-refractivity contribution in [2.24, 2.45) is 0 Å². The van der Waals surface area contributed by atoms with Crippen molar-refractivity contribution in [2.45, 2.75) is 320 Å². The summed E-state index contributed by atoms with van der Waals surface area (Å²) in [5.74, 6) is -0.303. The number of carbonyl (C=O) groups is 1. The summed E-state index contributed by atoms with van der Waals surface area (Å²) in [6.45, 7) is 4.64. The Hall–Kier alpha value is -0.810. The fraction of sp³-hybridized carbons (Fsp3) is 0.982. The molecule has 1 fully saturated rings. The summed E-state index contributed by atoms with van der Waals surface area (Å²) in [4.78, 5) is 12.9. The number of ether oxygens (including phenoxy) is 4. The minimum absolute atomic E-state index is 0.104. The first-order chi connectivity index (χ1) is 31.4. The lowest BCUT2D eigenvalue weighted by atomic mass is 9.99. The quantitative estimate of drug-likeness (QED) is 0.0347. The Balaban J connectivity index is 2.12. The van der Waals surface area contributed by atoms with Crippen LogP contribution in [0.2, 0.25) is 0 Å². The van der Waals surface area contributed by atoms with Gasteiger partial charge in [0.1, 0.15) is 30.5 Å². The van der Waals surface area contributed by atoms with Crippen LogP contribution in [0.1, 0.15) is 284 Å². The van der Waals surface area contributed by atoms with E-state index in [0.717, 1.165) is 32.1 Å². The second-order valence-electron chi connectivity index (χ2n) is 19.8. The van der Waals surface area contributed by atoms with Gasteiger partial charge in [0.15, 0.2) is 6.29 Å². The molecule has 9 nitrogen and oxygen atoms in total. The highest BCUT2D eigenvalue weighted by molar-refractivity contribution is 5.69. The third kappa shape index (κ3) is 37.2. The molecule has 9 heteroatoms. The van der Waals surface area contributed by atoms with Crippen LogP contribution in [0.4, 0.5) is 0 Å². The monoisotopic (exact) mass is 913 g/mol. The average Bonchev–Trinajstić information content (AvgIpc) is 3.30. The summed E-state index contributed by atoms with van der Waals surface area (Å²) in [5.41, 5.74) is 0. The summed E-state index contributed by atoms with van der Waals surface area (Å²) in [6, 6.07) is 0. The molecule has 0 aromatic heterocycles. The van der Waals surface area contributed by atoms with Crippen molar-refractivity contribution in [3.05, 3.63) is 0 Å².